The summed E-state index contributed by atoms with van der Waals surface area (Å²) in [6, 6.07) is 12.8. The molecule has 0 atom stereocenters. The van der Waals surface area contributed by atoms with Crippen molar-refractivity contribution in [3.05, 3.63) is 120 Å². The van der Waals surface area contributed by atoms with Gasteiger partial charge in [0.15, 0.2) is 23.0 Å². The largest absolute Gasteiger partial charge is 0.419 e. The summed E-state index contributed by atoms with van der Waals surface area (Å²) in [7, 11) is 0. The Hall–Kier alpha value is -6.01. The van der Waals surface area contributed by atoms with Crippen molar-refractivity contribution in [1.82, 2.24) is 0 Å². The first-order valence-corrected chi connectivity index (χ1v) is 13.3. The summed E-state index contributed by atoms with van der Waals surface area (Å²) >= 11 is 0. The van der Waals surface area contributed by atoms with Gasteiger partial charge in [0.25, 0.3) is 0 Å². The van der Waals surface area contributed by atoms with Crippen LogP contribution in [-0.4, -0.2) is 23.9 Å². The van der Waals surface area contributed by atoms with Crippen LogP contribution >= 0.6 is 0 Å². The molecule has 0 aromatic heterocycles. The molecule has 0 radical (unpaired) electrons. The Morgan fingerprint density at radius 1 is 0.533 bits per heavy atom. The van der Waals surface area contributed by atoms with Crippen LogP contribution in [0.25, 0.3) is 11.1 Å². The topological polar surface area (TPSA) is 105 Å². The Kier molecular flexibility index (Phi) is 10.7. The van der Waals surface area contributed by atoms with Gasteiger partial charge in [-0.05, 0) is 69.7 Å². The van der Waals surface area contributed by atoms with Gasteiger partial charge < -0.3 is 18.9 Å². The van der Waals surface area contributed by atoms with E-state index >= 15 is 4.39 Å². The summed E-state index contributed by atoms with van der Waals surface area (Å²) in [6.45, 7) is 20.0. The fraction of sp³-hybridized carbons (Fsp3) is 0.111. The number of benzene rings is 3. The fourth-order valence-corrected chi connectivity index (χ4v) is 3.31. The molecule has 0 N–H and O–H groups in total. The summed E-state index contributed by atoms with van der Waals surface area (Å²) in [5.41, 5.74) is 1.69. The van der Waals surface area contributed by atoms with Gasteiger partial charge >= 0.3 is 23.9 Å². The van der Waals surface area contributed by atoms with E-state index in [0.29, 0.717) is 16.7 Å². The minimum absolute atomic E-state index is 0.0211. The van der Waals surface area contributed by atoms with Crippen LogP contribution < -0.4 is 18.9 Å². The summed E-state index contributed by atoms with van der Waals surface area (Å²) in [5, 5.41) is 0. The van der Waals surface area contributed by atoms with Crippen LogP contribution in [0.1, 0.15) is 38.8 Å². The number of ether oxygens (including phenoxy) is 4. The number of esters is 4. The van der Waals surface area contributed by atoms with Gasteiger partial charge in [-0.3, -0.25) is 0 Å². The first-order valence-electron chi connectivity index (χ1n) is 13.3. The van der Waals surface area contributed by atoms with Crippen LogP contribution in [0.4, 0.5) is 4.39 Å². The van der Waals surface area contributed by atoms with Gasteiger partial charge in [-0.2, -0.15) is 0 Å². The molecule has 0 bridgehead atoms. The molecule has 0 saturated heterocycles. The average Bonchev–Trinajstić information content (AvgIpc) is 2.97. The third-order valence-electron chi connectivity index (χ3n) is 5.72. The first-order chi connectivity index (χ1) is 21.2. The Labute approximate surface area is 260 Å². The molecule has 0 aliphatic carbocycles. The van der Waals surface area contributed by atoms with Crippen molar-refractivity contribution < 1.29 is 42.5 Å². The van der Waals surface area contributed by atoms with E-state index in [9.17, 15) is 19.2 Å². The van der Waals surface area contributed by atoms with Crippen LogP contribution in [0.15, 0.2) is 103 Å². The third kappa shape index (κ3) is 8.99. The molecule has 0 heterocycles. The number of hydrogen-bond donors (Lipinski definition) is 0. The number of carbonyl (C=O) groups is 4. The van der Waals surface area contributed by atoms with Crippen LogP contribution in [0.5, 0.6) is 23.0 Å². The third-order valence-corrected chi connectivity index (χ3v) is 5.72. The van der Waals surface area contributed by atoms with Gasteiger partial charge in [-0.25, -0.2) is 23.6 Å². The standard InChI is InChI=1S/C36H29FO8/c1-20(2)33(38)42-29-15-12-25(18-31(29)44-35(40)22(5)6)10-9-24-11-14-27(28(37)17-24)26-13-16-30(43-34(39)21(3)4)32(19-26)45-36(41)23(7)8/h11-19H,1,3,5,7H2,2,4,6,8H3. The lowest BCUT2D eigenvalue weighted by Gasteiger charge is -2.13. The molecule has 0 saturated carbocycles. The van der Waals surface area contributed by atoms with Crippen LogP contribution in [0, 0.1) is 17.7 Å². The second-order valence-corrected chi connectivity index (χ2v) is 9.95. The molecule has 0 fully saturated rings. The second-order valence-electron chi connectivity index (χ2n) is 9.95. The summed E-state index contributed by atoms with van der Waals surface area (Å²) in [5.74, 6) is 1.88. The van der Waals surface area contributed by atoms with E-state index < -0.39 is 29.7 Å². The van der Waals surface area contributed by atoms with Crippen molar-refractivity contribution in [1.29, 1.82) is 0 Å². The molecule has 8 nitrogen and oxygen atoms in total. The maximum absolute atomic E-state index is 15.3. The van der Waals surface area contributed by atoms with E-state index in [1.807, 2.05) is 0 Å². The Morgan fingerprint density at radius 3 is 1.36 bits per heavy atom. The molecular weight excluding hydrogens is 579 g/mol. The first kappa shape index (κ1) is 33.5. The van der Waals surface area contributed by atoms with Crippen molar-refractivity contribution in [3.8, 4) is 46.0 Å². The Balaban J connectivity index is 1.95. The van der Waals surface area contributed by atoms with Crippen molar-refractivity contribution in [2.75, 3.05) is 0 Å². The zero-order valence-electron chi connectivity index (χ0n) is 25.2. The van der Waals surface area contributed by atoms with Crippen LogP contribution in [-0.2, 0) is 19.2 Å². The molecule has 45 heavy (non-hydrogen) atoms. The minimum Gasteiger partial charge on any atom is -0.419 e. The molecule has 0 spiro atoms. The van der Waals surface area contributed by atoms with Crippen molar-refractivity contribution in [2.24, 2.45) is 0 Å². The number of rotatable bonds is 9. The highest BCUT2D eigenvalue weighted by Crippen LogP contribution is 2.35. The fourth-order valence-electron chi connectivity index (χ4n) is 3.31. The van der Waals surface area contributed by atoms with Gasteiger partial charge in [0.2, 0.25) is 0 Å². The smallest absolute Gasteiger partial charge is 0.338 e. The molecule has 0 aliphatic rings. The maximum atomic E-state index is 15.3. The van der Waals surface area contributed by atoms with E-state index in [1.165, 1.54) is 76.2 Å². The average molecular weight is 609 g/mol. The second kappa shape index (κ2) is 14.4. The molecule has 0 aliphatic heterocycles. The van der Waals surface area contributed by atoms with E-state index in [2.05, 4.69) is 38.2 Å². The van der Waals surface area contributed by atoms with Gasteiger partial charge in [0, 0.05) is 45.0 Å². The maximum Gasteiger partial charge on any atom is 0.338 e. The zero-order chi connectivity index (χ0) is 33.4. The predicted molar refractivity (Wildman–Crippen MR) is 166 cm³/mol. The lowest BCUT2D eigenvalue weighted by atomic mass is 10.0. The molecule has 3 aromatic rings. The highest BCUT2D eigenvalue weighted by atomic mass is 19.1. The zero-order valence-corrected chi connectivity index (χ0v) is 25.2. The summed E-state index contributed by atoms with van der Waals surface area (Å²) in [4.78, 5) is 48.4. The van der Waals surface area contributed by atoms with Gasteiger partial charge in [-0.1, -0.05) is 50.3 Å². The monoisotopic (exact) mass is 608 g/mol. The molecule has 228 valence electrons. The lowest BCUT2D eigenvalue weighted by molar-refractivity contribution is -0.132. The molecule has 0 unspecified atom stereocenters. The van der Waals surface area contributed by atoms with Crippen LogP contribution in [0.3, 0.4) is 0 Å². The van der Waals surface area contributed by atoms with Gasteiger partial charge in [-0.15, -0.1) is 0 Å². The molecule has 0 amide bonds. The van der Waals surface area contributed by atoms with Crippen LogP contribution in [0.2, 0.25) is 0 Å². The lowest BCUT2D eigenvalue weighted by Crippen LogP contribution is -2.12. The number of halogens is 1. The SMILES string of the molecule is C=C(C)C(=O)Oc1ccc(C#Cc2ccc(-c3ccc(OC(=O)C(=C)C)c(OC(=O)C(=C)C)c3)c(F)c2)cc1OC(=O)C(=C)C. The molecule has 3 rings (SSSR count). The Morgan fingerprint density at radius 2 is 0.911 bits per heavy atom. The number of carbonyl (C=O) groups excluding carboxylic acids is 4. The van der Waals surface area contributed by atoms with E-state index in [-0.39, 0.29) is 50.9 Å². The van der Waals surface area contributed by atoms with Gasteiger partial charge in [0.1, 0.15) is 5.82 Å². The Bertz CT molecular complexity index is 1850. The van der Waals surface area contributed by atoms with Crippen molar-refractivity contribution >= 4 is 23.9 Å². The molecular formula is C36H29FO8. The normalized spacial score (nSPS) is 9.98. The van der Waals surface area contributed by atoms with Crippen molar-refractivity contribution in [2.45, 2.75) is 27.7 Å². The highest BCUT2D eigenvalue weighted by molar-refractivity contribution is 5.92. The predicted octanol–water partition coefficient (Wildman–Crippen LogP) is 6.82. The van der Waals surface area contributed by atoms with E-state index in [0.717, 1.165) is 0 Å². The van der Waals surface area contributed by atoms with E-state index in [4.69, 9.17) is 18.9 Å². The highest BCUT2D eigenvalue weighted by Gasteiger charge is 2.18. The molecule has 3 aromatic carbocycles. The minimum atomic E-state index is -0.759. The quantitative estimate of drug-likeness (QED) is 0.113. The number of hydrogen-bond acceptors (Lipinski definition) is 8. The molecule has 9 heteroatoms. The summed E-state index contributed by atoms with van der Waals surface area (Å²) in [6.07, 6.45) is 0. The summed E-state index contributed by atoms with van der Waals surface area (Å²) < 4.78 is 36.5. The van der Waals surface area contributed by atoms with E-state index in [1.54, 1.807) is 6.07 Å². The van der Waals surface area contributed by atoms with Crippen molar-refractivity contribution in [3.63, 3.8) is 0 Å². The van der Waals surface area contributed by atoms with Gasteiger partial charge in [0.05, 0.1) is 0 Å².